The molecule has 4 nitrogen and oxygen atoms in total. The monoisotopic (exact) mass is 233 g/mol. The van der Waals surface area contributed by atoms with E-state index >= 15 is 0 Å². The Morgan fingerprint density at radius 3 is 3.18 bits per heavy atom. The number of hydrogen-bond donors (Lipinski definition) is 1. The van der Waals surface area contributed by atoms with E-state index in [9.17, 15) is 0 Å². The first-order valence-corrected chi connectivity index (χ1v) is 6.36. The number of ether oxygens (including phenoxy) is 1. The van der Waals surface area contributed by atoms with Crippen molar-refractivity contribution < 1.29 is 4.74 Å². The number of hydrogen-bond acceptors (Lipinski definition) is 4. The van der Waals surface area contributed by atoms with Crippen LogP contribution in [0, 0.1) is 5.92 Å². The minimum absolute atomic E-state index is 0.650. The molecule has 0 aromatic carbocycles. The van der Waals surface area contributed by atoms with Gasteiger partial charge in [0.15, 0.2) is 0 Å². The number of rotatable bonds is 2. The summed E-state index contributed by atoms with van der Waals surface area (Å²) in [6.07, 6.45) is 2.65. The Morgan fingerprint density at radius 2 is 2.35 bits per heavy atom. The minimum Gasteiger partial charge on any atom is -0.481 e. The molecule has 1 aromatic heterocycles. The Labute approximate surface area is 102 Å². The van der Waals surface area contributed by atoms with Crippen molar-refractivity contribution in [3.63, 3.8) is 0 Å². The van der Waals surface area contributed by atoms with Crippen LogP contribution in [0.2, 0.25) is 0 Å². The molecule has 0 amide bonds. The summed E-state index contributed by atoms with van der Waals surface area (Å²) in [7, 11) is 1.66. The lowest BCUT2D eigenvalue weighted by atomic mass is 9.94. The summed E-state index contributed by atoms with van der Waals surface area (Å²) in [4.78, 5) is 6.88. The Balaban J connectivity index is 1.76. The second kappa shape index (κ2) is 4.53. The SMILES string of the molecule is COc1cccc(N2C[C@@H]3CCCN[C@@H]3C2)n1. The van der Waals surface area contributed by atoms with Crippen molar-refractivity contribution in [2.45, 2.75) is 18.9 Å². The van der Waals surface area contributed by atoms with Crippen LogP contribution in [-0.2, 0) is 0 Å². The number of methoxy groups -OCH3 is 1. The summed E-state index contributed by atoms with van der Waals surface area (Å²) in [6.45, 7) is 3.36. The summed E-state index contributed by atoms with van der Waals surface area (Å²) in [6, 6.07) is 6.62. The number of pyridine rings is 1. The number of aromatic nitrogens is 1. The number of anilines is 1. The van der Waals surface area contributed by atoms with E-state index in [1.807, 2.05) is 12.1 Å². The number of nitrogens with one attached hydrogen (secondary N) is 1. The van der Waals surface area contributed by atoms with Gasteiger partial charge in [0.25, 0.3) is 0 Å². The molecule has 2 aliphatic rings. The van der Waals surface area contributed by atoms with Crippen molar-refractivity contribution in [1.82, 2.24) is 10.3 Å². The first-order valence-electron chi connectivity index (χ1n) is 6.36. The molecule has 1 aromatic rings. The molecule has 2 fully saturated rings. The fraction of sp³-hybridized carbons (Fsp3) is 0.615. The third-order valence-corrected chi connectivity index (χ3v) is 3.84. The minimum atomic E-state index is 0.650. The molecule has 0 aliphatic carbocycles. The van der Waals surface area contributed by atoms with Gasteiger partial charge in [0.2, 0.25) is 5.88 Å². The van der Waals surface area contributed by atoms with Crippen LogP contribution in [0.15, 0.2) is 18.2 Å². The van der Waals surface area contributed by atoms with Gasteiger partial charge in [-0.3, -0.25) is 0 Å². The van der Waals surface area contributed by atoms with Gasteiger partial charge in [-0.25, -0.2) is 0 Å². The fourth-order valence-electron chi connectivity index (χ4n) is 2.93. The van der Waals surface area contributed by atoms with E-state index in [2.05, 4.69) is 21.3 Å². The zero-order valence-electron chi connectivity index (χ0n) is 10.2. The molecule has 92 valence electrons. The van der Waals surface area contributed by atoms with Gasteiger partial charge in [-0.1, -0.05) is 6.07 Å². The highest BCUT2D eigenvalue weighted by molar-refractivity contribution is 5.42. The van der Waals surface area contributed by atoms with Crippen LogP contribution in [0.5, 0.6) is 5.88 Å². The normalized spacial score (nSPS) is 27.9. The predicted molar refractivity (Wildman–Crippen MR) is 67.5 cm³/mol. The maximum Gasteiger partial charge on any atom is 0.214 e. The Hall–Kier alpha value is -1.29. The maximum atomic E-state index is 5.18. The van der Waals surface area contributed by atoms with Crippen molar-refractivity contribution in [3.05, 3.63) is 18.2 Å². The van der Waals surface area contributed by atoms with Crippen LogP contribution in [0.3, 0.4) is 0 Å². The van der Waals surface area contributed by atoms with Gasteiger partial charge < -0.3 is 15.0 Å². The van der Waals surface area contributed by atoms with Crippen LogP contribution in [0.4, 0.5) is 5.82 Å². The van der Waals surface area contributed by atoms with Crippen molar-refractivity contribution in [2.24, 2.45) is 5.92 Å². The van der Waals surface area contributed by atoms with Crippen LogP contribution in [-0.4, -0.2) is 37.8 Å². The highest BCUT2D eigenvalue weighted by Crippen LogP contribution is 2.28. The Bertz CT molecular complexity index is 382. The molecule has 17 heavy (non-hydrogen) atoms. The van der Waals surface area contributed by atoms with E-state index in [1.165, 1.54) is 19.4 Å². The third kappa shape index (κ3) is 2.09. The average Bonchev–Trinajstić information content (AvgIpc) is 2.82. The van der Waals surface area contributed by atoms with Gasteiger partial charge in [-0.15, -0.1) is 0 Å². The first-order chi connectivity index (χ1) is 8.36. The molecule has 2 atom stereocenters. The van der Waals surface area contributed by atoms with Crippen LogP contribution < -0.4 is 15.0 Å². The van der Waals surface area contributed by atoms with Crippen molar-refractivity contribution in [1.29, 1.82) is 0 Å². The van der Waals surface area contributed by atoms with Gasteiger partial charge in [0.1, 0.15) is 5.82 Å². The number of fused-ring (bicyclic) bond motifs is 1. The van der Waals surface area contributed by atoms with E-state index in [4.69, 9.17) is 4.74 Å². The first kappa shape index (κ1) is 10.8. The molecule has 3 rings (SSSR count). The van der Waals surface area contributed by atoms with Gasteiger partial charge in [-0.2, -0.15) is 4.98 Å². The van der Waals surface area contributed by atoms with Gasteiger partial charge in [0.05, 0.1) is 7.11 Å². The molecule has 3 heterocycles. The highest BCUT2D eigenvalue weighted by Gasteiger charge is 2.34. The summed E-state index contributed by atoms with van der Waals surface area (Å²) >= 11 is 0. The van der Waals surface area contributed by atoms with Crippen molar-refractivity contribution in [2.75, 3.05) is 31.6 Å². The van der Waals surface area contributed by atoms with Crippen molar-refractivity contribution >= 4 is 5.82 Å². The molecular weight excluding hydrogens is 214 g/mol. The quantitative estimate of drug-likeness (QED) is 0.835. The van der Waals surface area contributed by atoms with E-state index in [0.717, 1.165) is 24.8 Å². The van der Waals surface area contributed by atoms with E-state index in [0.29, 0.717) is 11.9 Å². The topological polar surface area (TPSA) is 37.4 Å². The van der Waals surface area contributed by atoms with E-state index in [-0.39, 0.29) is 0 Å². The third-order valence-electron chi connectivity index (χ3n) is 3.84. The molecule has 2 saturated heterocycles. The Kier molecular flexibility index (Phi) is 2.89. The average molecular weight is 233 g/mol. The zero-order valence-corrected chi connectivity index (χ0v) is 10.2. The van der Waals surface area contributed by atoms with Crippen LogP contribution >= 0.6 is 0 Å². The molecule has 1 N–H and O–H groups in total. The summed E-state index contributed by atoms with van der Waals surface area (Å²) in [5, 5.41) is 3.61. The smallest absolute Gasteiger partial charge is 0.214 e. The highest BCUT2D eigenvalue weighted by atomic mass is 16.5. The van der Waals surface area contributed by atoms with Crippen LogP contribution in [0.25, 0.3) is 0 Å². The second-order valence-corrected chi connectivity index (χ2v) is 4.91. The van der Waals surface area contributed by atoms with Gasteiger partial charge >= 0.3 is 0 Å². The van der Waals surface area contributed by atoms with Gasteiger partial charge in [-0.05, 0) is 31.4 Å². The fourth-order valence-corrected chi connectivity index (χ4v) is 2.93. The zero-order chi connectivity index (χ0) is 11.7. The lowest BCUT2D eigenvalue weighted by molar-refractivity contribution is 0.340. The van der Waals surface area contributed by atoms with E-state index in [1.54, 1.807) is 7.11 Å². The lowest BCUT2D eigenvalue weighted by Crippen LogP contribution is -2.40. The van der Waals surface area contributed by atoms with Crippen molar-refractivity contribution in [3.8, 4) is 5.88 Å². The van der Waals surface area contributed by atoms with Crippen LogP contribution in [0.1, 0.15) is 12.8 Å². The molecule has 4 heteroatoms. The predicted octanol–water partition coefficient (Wildman–Crippen LogP) is 1.28. The maximum absolute atomic E-state index is 5.18. The Morgan fingerprint density at radius 1 is 1.41 bits per heavy atom. The molecule has 2 aliphatic heterocycles. The molecule has 0 saturated carbocycles. The summed E-state index contributed by atoms with van der Waals surface area (Å²) in [5.41, 5.74) is 0. The number of nitrogens with zero attached hydrogens (tertiary/aromatic N) is 2. The number of piperidine rings is 1. The molecule has 0 bridgehead atoms. The lowest BCUT2D eigenvalue weighted by Gasteiger charge is -2.24. The molecular formula is C13H19N3O. The molecule has 0 unspecified atom stereocenters. The van der Waals surface area contributed by atoms with E-state index < -0.39 is 0 Å². The standard InChI is InChI=1S/C13H19N3O/c1-17-13-6-2-5-12(15-13)16-8-10-4-3-7-14-11(10)9-16/h2,5-6,10-11,14H,3-4,7-9H2,1H3/t10-,11+/m0/s1. The largest absolute Gasteiger partial charge is 0.481 e. The molecule has 0 radical (unpaired) electrons. The molecule has 0 spiro atoms. The second-order valence-electron chi connectivity index (χ2n) is 4.91. The summed E-state index contributed by atoms with van der Waals surface area (Å²) < 4.78 is 5.18. The van der Waals surface area contributed by atoms with Gasteiger partial charge in [0, 0.05) is 25.2 Å². The summed E-state index contributed by atoms with van der Waals surface area (Å²) in [5.74, 6) is 2.53.